The Morgan fingerprint density at radius 1 is 1.04 bits per heavy atom. The first-order valence-corrected chi connectivity index (χ1v) is 8.90. The van der Waals surface area contributed by atoms with Crippen molar-refractivity contribution < 1.29 is 4.74 Å². The minimum Gasteiger partial charge on any atom is -0.496 e. The summed E-state index contributed by atoms with van der Waals surface area (Å²) in [6.07, 6.45) is 0.990. The van der Waals surface area contributed by atoms with Gasteiger partial charge in [0.05, 0.1) is 7.11 Å². The van der Waals surface area contributed by atoms with E-state index in [1.165, 1.54) is 5.56 Å². The van der Waals surface area contributed by atoms with Crippen molar-refractivity contribution in [3.8, 4) is 5.75 Å². The lowest BCUT2D eigenvalue weighted by Gasteiger charge is -2.26. The normalized spacial score (nSPS) is 12.7. The highest BCUT2D eigenvalue weighted by Crippen LogP contribution is 2.16. The summed E-state index contributed by atoms with van der Waals surface area (Å²) in [5.74, 6) is 1.67. The molecule has 0 heterocycles. The van der Waals surface area contributed by atoms with Crippen LogP contribution in [0.2, 0.25) is 0 Å². The van der Waals surface area contributed by atoms with Gasteiger partial charge in [-0.3, -0.25) is 4.99 Å². The summed E-state index contributed by atoms with van der Waals surface area (Å²) >= 11 is 0. The maximum absolute atomic E-state index is 5.40. The average Bonchev–Trinajstić information content (AvgIpc) is 2.68. The molecule has 0 aliphatic carbocycles. The second-order valence-corrected chi connectivity index (χ2v) is 6.43. The van der Waals surface area contributed by atoms with Crippen LogP contribution in [0.25, 0.3) is 0 Å². The minimum atomic E-state index is 0.377. The molecule has 1 unspecified atom stereocenters. The van der Waals surface area contributed by atoms with Gasteiger partial charge in [-0.15, -0.1) is 0 Å². The Morgan fingerprint density at radius 3 is 2.38 bits per heavy atom. The standard InChI is InChI=1S/C21H30N4O/c1-22-21(23-15-18-12-8-9-13-20(18)26-4)24-16-19(25(2)3)14-17-10-6-5-7-11-17/h5-13,19H,14-16H2,1-4H3,(H2,22,23,24). The van der Waals surface area contributed by atoms with Gasteiger partial charge in [0, 0.05) is 31.7 Å². The smallest absolute Gasteiger partial charge is 0.191 e. The van der Waals surface area contributed by atoms with Gasteiger partial charge in [0.2, 0.25) is 0 Å². The summed E-state index contributed by atoms with van der Waals surface area (Å²) in [6, 6.07) is 19.0. The van der Waals surface area contributed by atoms with Crippen LogP contribution in [0.4, 0.5) is 0 Å². The van der Waals surface area contributed by atoms with Crippen molar-refractivity contribution in [2.75, 3.05) is 34.8 Å². The monoisotopic (exact) mass is 354 g/mol. The molecule has 5 nitrogen and oxygen atoms in total. The first kappa shape index (κ1) is 19.8. The Morgan fingerprint density at radius 2 is 1.73 bits per heavy atom. The van der Waals surface area contributed by atoms with Crippen LogP contribution in [-0.2, 0) is 13.0 Å². The summed E-state index contributed by atoms with van der Waals surface area (Å²) < 4.78 is 5.40. The van der Waals surface area contributed by atoms with Gasteiger partial charge in [0.15, 0.2) is 5.96 Å². The molecule has 140 valence electrons. The summed E-state index contributed by atoms with van der Waals surface area (Å²) in [5, 5.41) is 6.79. The highest BCUT2D eigenvalue weighted by atomic mass is 16.5. The molecule has 5 heteroatoms. The lowest BCUT2D eigenvalue weighted by Crippen LogP contribution is -2.45. The van der Waals surface area contributed by atoms with E-state index in [4.69, 9.17) is 4.74 Å². The Hall–Kier alpha value is -2.53. The number of guanidine groups is 1. The maximum Gasteiger partial charge on any atom is 0.191 e. The molecule has 0 bridgehead atoms. The van der Waals surface area contributed by atoms with Gasteiger partial charge in [0.1, 0.15) is 5.75 Å². The molecule has 2 N–H and O–H groups in total. The van der Waals surface area contributed by atoms with E-state index in [0.29, 0.717) is 12.6 Å². The van der Waals surface area contributed by atoms with Crippen molar-refractivity contribution in [2.24, 2.45) is 4.99 Å². The van der Waals surface area contributed by atoms with Crippen molar-refractivity contribution in [3.63, 3.8) is 0 Å². The highest BCUT2D eigenvalue weighted by molar-refractivity contribution is 5.79. The molecule has 0 aliphatic rings. The Balaban J connectivity index is 1.89. The zero-order valence-corrected chi connectivity index (χ0v) is 16.2. The molecule has 0 radical (unpaired) electrons. The number of hydrogen-bond donors (Lipinski definition) is 2. The van der Waals surface area contributed by atoms with Crippen LogP contribution in [0.1, 0.15) is 11.1 Å². The van der Waals surface area contributed by atoms with Gasteiger partial charge in [-0.05, 0) is 32.1 Å². The zero-order chi connectivity index (χ0) is 18.8. The molecule has 0 aromatic heterocycles. The van der Waals surface area contributed by atoms with Crippen LogP contribution in [0.3, 0.4) is 0 Å². The fourth-order valence-corrected chi connectivity index (χ4v) is 2.79. The van der Waals surface area contributed by atoms with E-state index >= 15 is 0 Å². The van der Waals surface area contributed by atoms with E-state index in [9.17, 15) is 0 Å². The minimum absolute atomic E-state index is 0.377. The average molecular weight is 354 g/mol. The number of para-hydroxylation sites is 1. The molecule has 0 aliphatic heterocycles. The van der Waals surface area contributed by atoms with E-state index in [0.717, 1.165) is 30.2 Å². The van der Waals surface area contributed by atoms with Gasteiger partial charge in [-0.1, -0.05) is 48.5 Å². The van der Waals surface area contributed by atoms with Gasteiger partial charge in [0.25, 0.3) is 0 Å². The number of nitrogens with zero attached hydrogens (tertiary/aromatic N) is 2. The van der Waals surface area contributed by atoms with E-state index in [-0.39, 0.29) is 0 Å². The molecule has 2 aromatic carbocycles. The first-order valence-electron chi connectivity index (χ1n) is 8.90. The molecule has 0 saturated heterocycles. The molecule has 0 fully saturated rings. The zero-order valence-electron chi connectivity index (χ0n) is 16.2. The number of likely N-dealkylation sites (N-methyl/N-ethyl adjacent to an activating group) is 1. The Bertz CT molecular complexity index is 685. The first-order chi connectivity index (χ1) is 12.6. The predicted molar refractivity (Wildman–Crippen MR) is 109 cm³/mol. The van der Waals surface area contributed by atoms with Crippen LogP contribution in [0.5, 0.6) is 5.75 Å². The quantitative estimate of drug-likeness (QED) is 0.565. The van der Waals surface area contributed by atoms with Crippen molar-refractivity contribution in [1.82, 2.24) is 15.5 Å². The van der Waals surface area contributed by atoms with Crippen LogP contribution in [0.15, 0.2) is 59.6 Å². The lowest BCUT2D eigenvalue weighted by molar-refractivity contribution is 0.290. The number of rotatable bonds is 8. The van der Waals surface area contributed by atoms with Crippen molar-refractivity contribution >= 4 is 5.96 Å². The third-order valence-corrected chi connectivity index (χ3v) is 4.41. The van der Waals surface area contributed by atoms with Crippen LogP contribution in [0, 0.1) is 0 Å². The lowest BCUT2D eigenvalue weighted by atomic mass is 10.1. The van der Waals surface area contributed by atoms with Gasteiger partial charge in [-0.25, -0.2) is 0 Å². The third-order valence-electron chi connectivity index (χ3n) is 4.41. The molecular weight excluding hydrogens is 324 g/mol. The molecule has 0 amide bonds. The van der Waals surface area contributed by atoms with E-state index in [1.54, 1.807) is 14.2 Å². The van der Waals surface area contributed by atoms with Crippen LogP contribution >= 0.6 is 0 Å². The number of aliphatic imine (C=N–C) groups is 1. The molecule has 2 aromatic rings. The second kappa shape index (κ2) is 10.5. The van der Waals surface area contributed by atoms with Crippen molar-refractivity contribution in [3.05, 3.63) is 65.7 Å². The summed E-state index contributed by atoms with van der Waals surface area (Å²) in [4.78, 5) is 6.58. The van der Waals surface area contributed by atoms with Gasteiger partial charge >= 0.3 is 0 Å². The maximum atomic E-state index is 5.40. The molecule has 1 atom stereocenters. The second-order valence-electron chi connectivity index (χ2n) is 6.43. The molecule has 0 spiro atoms. The molecule has 0 saturated carbocycles. The third kappa shape index (κ3) is 6.08. The molecular formula is C21H30N4O. The Kier molecular flexibility index (Phi) is 7.96. The largest absolute Gasteiger partial charge is 0.496 e. The Labute approximate surface area is 157 Å². The van der Waals surface area contributed by atoms with Gasteiger partial charge < -0.3 is 20.3 Å². The highest BCUT2D eigenvalue weighted by Gasteiger charge is 2.13. The number of benzene rings is 2. The van der Waals surface area contributed by atoms with E-state index < -0.39 is 0 Å². The fourth-order valence-electron chi connectivity index (χ4n) is 2.79. The molecule has 26 heavy (non-hydrogen) atoms. The van der Waals surface area contributed by atoms with Crippen LogP contribution < -0.4 is 15.4 Å². The SMILES string of the molecule is CN=C(NCc1ccccc1OC)NCC(Cc1ccccc1)N(C)C. The van der Waals surface area contributed by atoms with E-state index in [1.807, 2.05) is 18.2 Å². The topological polar surface area (TPSA) is 48.9 Å². The number of methoxy groups -OCH3 is 1. The summed E-state index contributed by atoms with van der Waals surface area (Å²) in [6.45, 7) is 1.47. The summed E-state index contributed by atoms with van der Waals surface area (Å²) in [7, 11) is 7.71. The van der Waals surface area contributed by atoms with Crippen LogP contribution in [-0.4, -0.2) is 51.7 Å². The number of ether oxygens (including phenoxy) is 1. The number of nitrogens with one attached hydrogen (secondary N) is 2. The summed E-state index contributed by atoms with van der Waals surface area (Å²) in [5.41, 5.74) is 2.44. The van der Waals surface area contributed by atoms with E-state index in [2.05, 4.69) is 71.0 Å². The predicted octanol–water partition coefficient (Wildman–Crippen LogP) is 2.53. The number of hydrogen-bond acceptors (Lipinski definition) is 3. The van der Waals surface area contributed by atoms with Gasteiger partial charge in [-0.2, -0.15) is 0 Å². The van der Waals surface area contributed by atoms with Crippen molar-refractivity contribution in [2.45, 2.75) is 19.0 Å². The molecule has 2 rings (SSSR count). The van der Waals surface area contributed by atoms with Crippen molar-refractivity contribution in [1.29, 1.82) is 0 Å². The fraction of sp³-hybridized carbons (Fsp3) is 0.381.